The number of amides is 1. The predicted molar refractivity (Wildman–Crippen MR) is 98.5 cm³/mol. The number of piperidine rings is 1. The van der Waals surface area contributed by atoms with Crippen molar-refractivity contribution in [3.05, 3.63) is 54.4 Å². The molecule has 0 spiro atoms. The smallest absolute Gasteiger partial charge is 0.227 e. The van der Waals surface area contributed by atoms with Crippen molar-refractivity contribution in [1.82, 2.24) is 9.88 Å². The number of nitrogens with one attached hydrogen (secondary N) is 1. The van der Waals surface area contributed by atoms with E-state index in [1.807, 2.05) is 31.2 Å². The molecule has 0 radical (unpaired) electrons. The Hall–Kier alpha value is -2.40. The Morgan fingerprint density at radius 3 is 2.84 bits per heavy atom. The van der Waals surface area contributed by atoms with Crippen LogP contribution < -0.4 is 10.1 Å². The van der Waals surface area contributed by atoms with Gasteiger partial charge < -0.3 is 10.1 Å². The first kappa shape index (κ1) is 17.4. The number of likely N-dealkylation sites (tertiary alicyclic amines) is 1. The van der Waals surface area contributed by atoms with Gasteiger partial charge in [-0.1, -0.05) is 12.1 Å². The molecule has 2 heterocycles. The molecule has 132 valence electrons. The minimum Gasteiger partial charge on any atom is -0.494 e. The van der Waals surface area contributed by atoms with E-state index in [-0.39, 0.29) is 11.8 Å². The third kappa shape index (κ3) is 5.03. The molecule has 0 atom stereocenters. The van der Waals surface area contributed by atoms with Gasteiger partial charge in [0.25, 0.3) is 0 Å². The minimum absolute atomic E-state index is 0.0752. The molecule has 5 heteroatoms. The zero-order chi connectivity index (χ0) is 17.5. The van der Waals surface area contributed by atoms with Crippen molar-refractivity contribution >= 4 is 11.6 Å². The van der Waals surface area contributed by atoms with Crippen LogP contribution in [-0.2, 0) is 11.3 Å². The summed E-state index contributed by atoms with van der Waals surface area (Å²) in [6.45, 7) is 5.45. The Morgan fingerprint density at radius 1 is 1.28 bits per heavy atom. The van der Waals surface area contributed by atoms with Crippen molar-refractivity contribution in [3.8, 4) is 5.75 Å². The highest BCUT2D eigenvalue weighted by Crippen LogP contribution is 2.22. The first-order chi connectivity index (χ1) is 12.2. The van der Waals surface area contributed by atoms with E-state index in [1.165, 1.54) is 5.56 Å². The summed E-state index contributed by atoms with van der Waals surface area (Å²) in [4.78, 5) is 18.8. The molecule has 1 amide bonds. The number of pyridine rings is 1. The summed E-state index contributed by atoms with van der Waals surface area (Å²) in [5, 5.41) is 2.96. The Morgan fingerprint density at radius 2 is 2.12 bits per heavy atom. The SMILES string of the molecule is CCOc1cccc(CN2CCC(C(=O)Nc3cccnc3)CC2)c1. The number of carbonyl (C=O) groups is 1. The second-order valence-electron chi connectivity index (χ2n) is 6.36. The van der Waals surface area contributed by atoms with Gasteiger partial charge in [0.1, 0.15) is 5.75 Å². The zero-order valence-electron chi connectivity index (χ0n) is 14.6. The summed E-state index contributed by atoms with van der Waals surface area (Å²) in [6, 6.07) is 11.9. The summed E-state index contributed by atoms with van der Waals surface area (Å²) < 4.78 is 5.56. The lowest BCUT2D eigenvalue weighted by atomic mass is 9.95. The van der Waals surface area contributed by atoms with Crippen LogP contribution in [0.2, 0.25) is 0 Å². The maximum atomic E-state index is 12.4. The van der Waals surface area contributed by atoms with Crippen molar-refractivity contribution in [2.45, 2.75) is 26.3 Å². The Balaban J connectivity index is 1.48. The fourth-order valence-electron chi connectivity index (χ4n) is 3.19. The van der Waals surface area contributed by atoms with E-state index in [9.17, 15) is 4.79 Å². The Bertz CT molecular complexity index is 682. The monoisotopic (exact) mass is 339 g/mol. The lowest BCUT2D eigenvalue weighted by Crippen LogP contribution is -2.37. The average Bonchev–Trinajstić information content (AvgIpc) is 2.64. The van der Waals surface area contributed by atoms with E-state index in [4.69, 9.17) is 4.74 Å². The van der Waals surface area contributed by atoms with E-state index < -0.39 is 0 Å². The van der Waals surface area contributed by atoms with Gasteiger partial charge in [-0.25, -0.2) is 0 Å². The highest BCUT2D eigenvalue weighted by Gasteiger charge is 2.25. The molecule has 0 bridgehead atoms. The van der Waals surface area contributed by atoms with E-state index in [2.05, 4.69) is 27.3 Å². The van der Waals surface area contributed by atoms with Gasteiger partial charge in [0.15, 0.2) is 0 Å². The number of rotatable bonds is 6. The molecule has 3 rings (SSSR count). The number of aromatic nitrogens is 1. The molecular weight excluding hydrogens is 314 g/mol. The summed E-state index contributed by atoms with van der Waals surface area (Å²) in [5.41, 5.74) is 2.02. The molecule has 1 aliphatic heterocycles. The molecule has 0 saturated carbocycles. The number of hydrogen-bond donors (Lipinski definition) is 1. The lowest BCUT2D eigenvalue weighted by molar-refractivity contribution is -0.121. The third-order valence-electron chi connectivity index (χ3n) is 4.50. The summed E-state index contributed by atoms with van der Waals surface area (Å²) >= 11 is 0. The Kier molecular flexibility index (Phi) is 6.01. The van der Waals surface area contributed by atoms with Gasteiger partial charge >= 0.3 is 0 Å². The van der Waals surface area contributed by atoms with Gasteiger partial charge in [-0.2, -0.15) is 0 Å². The quantitative estimate of drug-likeness (QED) is 0.877. The first-order valence-electron chi connectivity index (χ1n) is 8.89. The molecule has 0 aliphatic carbocycles. The van der Waals surface area contributed by atoms with E-state index in [0.717, 1.165) is 43.9 Å². The van der Waals surface area contributed by atoms with Crippen molar-refractivity contribution < 1.29 is 9.53 Å². The van der Waals surface area contributed by atoms with E-state index in [0.29, 0.717) is 6.61 Å². The molecule has 1 saturated heterocycles. The van der Waals surface area contributed by atoms with E-state index >= 15 is 0 Å². The molecule has 0 unspecified atom stereocenters. The second-order valence-corrected chi connectivity index (χ2v) is 6.36. The van der Waals surface area contributed by atoms with Gasteiger partial charge in [-0.3, -0.25) is 14.7 Å². The number of ether oxygens (including phenoxy) is 1. The molecule has 1 aromatic carbocycles. The normalized spacial score (nSPS) is 15.7. The number of nitrogens with zero attached hydrogens (tertiary/aromatic N) is 2. The molecule has 2 aromatic rings. The molecule has 1 fully saturated rings. The average molecular weight is 339 g/mol. The van der Waals surface area contributed by atoms with Crippen LogP contribution in [0.1, 0.15) is 25.3 Å². The molecule has 5 nitrogen and oxygen atoms in total. The lowest BCUT2D eigenvalue weighted by Gasteiger charge is -2.31. The zero-order valence-corrected chi connectivity index (χ0v) is 14.6. The predicted octanol–water partition coefficient (Wildman–Crippen LogP) is 3.33. The van der Waals surface area contributed by atoms with Crippen LogP contribution in [0.25, 0.3) is 0 Å². The van der Waals surface area contributed by atoms with Gasteiger partial charge in [-0.05, 0) is 62.7 Å². The number of carbonyl (C=O) groups excluding carboxylic acids is 1. The highest BCUT2D eigenvalue weighted by atomic mass is 16.5. The van der Waals surface area contributed by atoms with Crippen LogP contribution >= 0.6 is 0 Å². The van der Waals surface area contributed by atoms with Crippen molar-refractivity contribution in [2.24, 2.45) is 5.92 Å². The fourth-order valence-corrected chi connectivity index (χ4v) is 3.19. The topological polar surface area (TPSA) is 54.5 Å². The standard InChI is InChI=1S/C20H25N3O2/c1-2-25-19-7-3-5-16(13-19)15-23-11-8-17(9-12-23)20(24)22-18-6-4-10-21-14-18/h3-7,10,13-14,17H,2,8-9,11-12,15H2,1H3,(H,22,24). The number of anilines is 1. The molecule has 1 aliphatic rings. The van der Waals surface area contributed by atoms with Gasteiger partial charge in [0.2, 0.25) is 5.91 Å². The third-order valence-corrected chi connectivity index (χ3v) is 4.50. The second kappa shape index (κ2) is 8.62. The number of hydrogen-bond acceptors (Lipinski definition) is 4. The maximum Gasteiger partial charge on any atom is 0.227 e. The highest BCUT2D eigenvalue weighted by molar-refractivity contribution is 5.92. The maximum absolute atomic E-state index is 12.4. The molecule has 1 N–H and O–H groups in total. The van der Waals surface area contributed by atoms with Crippen molar-refractivity contribution in [2.75, 3.05) is 25.0 Å². The Labute approximate surface area is 149 Å². The van der Waals surface area contributed by atoms with Crippen molar-refractivity contribution in [1.29, 1.82) is 0 Å². The van der Waals surface area contributed by atoms with Gasteiger partial charge in [0.05, 0.1) is 18.5 Å². The molecule has 25 heavy (non-hydrogen) atoms. The molecular formula is C20H25N3O2. The summed E-state index contributed by atoms with van der Waals surface area (Å²) in [6.07, 6.45) is 5.15. The van der Waals surface area contributed by atoms with Crippen LogP contribution in [0.15, 0.2) is 48.8 Å². The largest absolute Gasteiger partial charge is 0.494 e. The summed E-state index contributed by atoms with van der Waals surface area (Å²) in [5.74, 6) is 1.10. The first-order valence-corrected chi connectivity index (χ1v) is 8.89. The van der Waals surface area contributed by atoms with Crippen LogP contribution in [0.5, 0.6) is 5.75 Å². The molecule has 1 aromatic heterocycles. The summed E-state index contributed by atoms with van der Waals surface area (Å²) in [7, 11) is 0. The van der Waals surface area contributed by atoms with Gasteiger partial charge in [0, 0.05) is 18.7 Å². The van der Waals surface area contributed by atoms with Crippen molar-refractivity contribution in [3.63, 3.8) is 0 Å². The van der Waals surface area contributed by atoms with Crippen LogP contribution in [0, 0.1) is 5.92 Å². The van der Waals surface area contributed by atoms with E-state index in [1.54, 1.807) is 12.4 Å². The van der Waals surface area contributed by atoms with Crippen LogP contribution in [0.3, 0.4) is 0 Å². The fraction of sp³-hybridized carbons (Fsp3) is 0.400. The van der Waals surface area contributed by atoms with Crippen LogP contribution in [-0.4, -0.2) is 35.5 Å². The van der Waals surface area contributed by atoms with Crippen LogP contribution in [0.4, 0.5) is 5.69 Å². The minimum atomic E-state index is 0.0752. The number of benzene rings is 1. The van der Waals surface area contributed by atoms with Gasteiger partial charge in [-0.15, -0.1) is 0 Å².